The van der Waals surface area contributed by atoms with Crippen molar-refractivity contribution in [2.45, 2.75) is 6.42 Å². The van der Waals surface area contributed by atoms with E-state index in [0.29, 0.717) is 18.7 Å². The third-order valence-electron chi connectivity index (χ3n) is 2.23. The summed E-state index contributed by atoms with van der Waals surface area (Å²) in [6, 6.07) is 9.12. The van der Waals surface area contributed by atoms with Crippen molar-refractivity contribution in [2.75, 3.05) is 11.9 Å². The molecule has 0 aromatic carbocycles. The van der Waals surface area contributed by atoms with Gasteiger partial charge in [-0.2, -0.15) is 0 Å². The van der Waals surface area contributed by atoms with Gasteiger partial charge in [0.25, 0.3) is 0 Å². The highest BCUT2D eigenvalue weighted by molar-refractivity contribution is 5.84. The van der Waals surface area contributed by atoms with Crippen molar-refractivity contribution in [1.82, 2.24) is 9.97 Å². The maximum Gasteiger partial charge on any atom is 0.411 e. The van der Waals surface area contributed by atoms with Crippen LogP contribution >= 0.6 is 0 Å². The molecule has 92 valence electrons. The minimum atomic E-state index is -0.487. The summed E-state index contributed by atoms with van der Waals surface area (Å²) in [5, 5.41) is 2.58. The summed E-state index contributed by atoms with van der Waals surface area (Å²) in [5.41, 5.74) is 1.51. The fraction of sp³-hybridized carbons (Fsp3) is 0.154. The minimum Gasteiger partial charge on any atom is -0.449 e. The van der Waals surface area contributed by atoms with E-state index in [9.17, 15) is 4.79 Å². The maximum atomic E-state index is 11.4. The van der Waals surface area contributed by atoms with Crippen LogP contribution in [-0.4, -0.2) is 22.7 Å². The first-order valence-corrected chi connectivity index (χ1v) is 5.58. The topological polar surface area (TPSA) is 64.1 Å². The normalized spacial score (nSPS) is 9.78. The first-order chi connectivity index (χ1) is 8.84. The molecule has 0 aliphatic rings. The zero-order chi connectivity index (χ0) is 12.6. The molecule has 18 heavy (non-hydrogen) atoms. The van der Waals surface area contributed by atoms with Gasteiger partial charge in [0.05, 0.1) is 18.5 Å². The highest BCUT2D eigenvalue weighted by Crippen LogP contribution is 2.03. The standard InChI is InChI=1S/C13H13N3O2/c17-13(16-12-5-3-7-14-10-12)18-9-6-11-4-1-2-8-15-11/h1-5,7-8,10H,6,9H2,(H,16,17). The van der Waals surface area contributed by atoms with Gasteiger partial charge in [-0.3, -0.25) is 15.3 Å². The molecule has 2 aromatic heterocycles. The molecule has 5 nitrogen and oxygen atoms in total. The fourth-order valence-electron chi connectivity index (χ4n) is 1.38. The first-order valence-electron chi connectivity index (χ1n) is 5.58. The second-order valence-corrected chi connectivity index (χ2v) is 3.57. The Morgan fingerprint density at radius 3 is 2.89 bits per heavy atom. The zero-order valence-corrected chi connectivity index (χ0v) is 9.74. The van der Waals surface area contributed by atoms with Crippen molar-refractivity contribution in [3.8, 4) is 0 Å². The average molecular weight is 243 g/mol. The molecule has 0 spiro atoms. The van der Waals surface area contributed by atoms with Gasteiger partial charge >= 0.3 is 6.09 Å². The lowest BCUT2D eigenvalue weighted by Crippen LogP contribution is -2.15. The van der Waals surface area contributed by atoms with E-state index in [-0.39, 0.29) is 0 Å². The summed E-state index contributed by atoms with van der Waals surface area (Å²) >= 11 is 0. The van der Waals surface area contributed by atoms with Crippen molar-refractivity contribution in [2.24, 2.45) is 0 Å². The monoisotopic (exact) mass is 243 g/mol. The van der Waals surface area contributed by atoms with Gasteiger partial charge in [0.2, 0.25) is 0 Å². The van der Waals surface area contributed by atoms with Crippen LogP contribution in [-0.2, 0) is 11.2 Å². The highest BCUT2D eigenvalue weighted by atomic mass is 16.5. The number of aromatic nitrogens is 2. The predicted octanol–water partition coefficient (Wildman–Crippen LogP) is 2.27. The third-order valence-corrected chi connectivity index (χ3v) is 2.23. The summed E-state index contributed by atoms with van der Waals surface area (Å²) in [6.07, 6.45) is 5.02. The Kier molecular flexibility index (Phi) is 4.24. The molecule has 0 fully saturated rings. The van der Waals surface area contributed by atoms with Gasteiger partial charge in [-0.05, 0) is 24.3 Å². The van der Waals surface area contributed by atoms with Gasteiger partial charge in [-0.15, -0.1) is 0 Å². The number of carbonyl (C=O) groups is 1. The Morgan fingerprint density at radius 1 is 1.22 bits per heavy atom. The van der Waals surface area contributed by atoms with Crippen LogP contribution in [0.3, 0.4) is 0 Å². The van der Waals surface area contributed by atoms with Crippen LogP contribution in [0.15, 0.2) is 48.9 Å². The fourth-order valence-corrected chi connectivity index (χ4v) is 1.38. The van der Waals surface area contributed by atoms with E-state index in [0.717, 1.165) is 5.69 Å². The van der Waals surface area contributed by atoms with Crippen LogP contribution < -0.4 is 5.32 Å². The molecule has 0 atom stereocenters. The molecule has 0 bridgehead atoms. The molecule has 1 amide bonds. The number of carbonyl (C=O) groups excluding carboxylic acids is 1. The van der Waals surface area contributed by atoms with Gasteiger partial charge in [-0.1, -0.05) is 6.07 Å². The van der Waals surface area contributed by atoms with Gasteiger partial charge < -0.3 is 4.74 Å². The van der Waals surface area contributed by atoms with Crippen LogP contribution in [0.5, 0.6) is 0 Å². The Morgan fingerprint density at radius 2 is 2.17 bits per heavy atom. The van der Waals surface area contributed by atoms with Gasteiger partial charge in [0.1, 0.15) is 0 Å². The van der Waals surface area contributed by atoms with Crippen molar-refractivity contribution < 1.29 is 9.53 Å². The Bertz CT molecular complexity index is 488. The molecule has 2 aromatic rings. The van der Waals surface area contributed by atoms with Gasteiger partial charge in [0, 0.05) is 24.5 Å². The van der Waals surface area contributed by atoms with Crippen molar-refractivity contribution in [1.29, 1.82) is 0 Å². The first kappa shape index (κ1) is 12.0. The Labute approximate surface area is 105 Å². The van der Waals surface area contributed by atoms with Crippen LogP contribution in [0, 0.1) is 0 Å². The number of pyridine rings is 2. The summed E-state index contributed by atoms with van der Waals surface area (Å²) in [6.45, 7) is 0.295. The van der Waals surface area contributed by atoms with E-state index >= 15 is 0 Å². The maximum absolute atomic E-state index is 11.4. The summed E-state index contributed by atoms with van der Waals surface area (Å²) in [7, 11) is 0. The van der Waals surface area contributed by atoms with E-state index in [1.54, 1.807) is 30.7 Å². The number of hydrogen-bond acceptors (Lipinski definition) is 4. The quantitative estimate of drug-likeness (QED) is 0.894. The number of rotatable bonds is 4. The molecular weight excluding hydrogens is 230 g/mol. The molecule has 0 radical (unpaired) electrons. The number of hydrogen-bond donors (Lipinski definition) is 1. The number of ether oxygens (including phenoxy) is 1. The van der Waals surface area contributed by atoms with E-state index in [1.807, 2.05) is 18.2 Å². The molecular formula is C13H13N3O2. The smallest absolute Gasteiger partial charge is 0.411 e. The largest absolute Gasteiger partial charge is 0.449 e. The molecule has 0 aliphatic heterocycles. The lowest BCUT2D eigenvalue weighted by molar-refractivity contribution is 0.162. The molecule has 0 saturated carbocycles. The van der Waals surface area contributed by atoms with Crippen molar-refractivity contribution in [3.63, 3.8) is 0 Å². The SMILES string of the molecule is O=C(Nc1cccnc1)OCCc1ccccn1. The third kappa shape index (κ3) is 3.86. The van der Waals surface area contributed by atoms with Crippen LogP contribution in [0.4, 0.5) is 10.5 Å². The second-order valence-electron chi connectivity index (χ2n) is 3.57. The summed E-state index contributed by atoms with van der Waals surface area (Å²) in [4.78, 5) is 19.4. The zero-order valence-electron chi connectivity index (χ0n) is 9.74. The number of amides is 1. The highest BCUT2D eigenvalue weighted by Gasteiger charge is 2.03. The van der Waals surface area contributed by atoms with E-state index in [1.165, 1.54) is 0 Å². The Balaban J connectivity index is 1.73. The molecule has 0 saturated heterocycles. The molecule has 2 rings (SSSR count). The second kappa shape index (κ2) is 6.34. The molecule has 1 N–H and O–H groups in total. The summed E-state index contributed by atoms with van der Waals surface area (Å²) < 4.78 is 5.03. The molecule has 0 unspecified atom stereocenters. The van der Waals surface area contributed by atoms with E-state index in [4.69, 9.17) is 4.74 Å². The van der Waals surface area contributed by atoms with Gasteiger partial charge in [-0.25, -0.2) is 4.79 Å². The number of anilines is 1. The van der Waals surface area contributed by atoms with Crippen molar-refractivity contribution >= 4 is 11.8 Å². The van der Waals surface area contributed by atoms with E-state index in [2.05, 4.69) is 15.3 Å². The molecule has 0 aliphatic carbocycles. The number of nitrogens with one attached hydrogen (secondary N) is 1. The Hall–Kier alpha value is -2.43. The number of nitrogens with zero attached hydrogens (tertiary/aromatic N) is 2. The molecule has 5 heteroatoms. The van der Waals surface area contributed by atoms with Crippen LogP contribution in [0.1, 0.15) is 5.69 Å². The molecule has 2 heterocycles. The van der Waals surface area contributed by atoms with E-state index < -0.39 is 6.09 Å². The minimum absolute atomic E-state index is 0.295. The summed E-state index contributed by atoms with van der Waals surface area (Å²) in [5.74, 6) is 0. The van der Waals surface area contributed by atoms with Crippen molar-refractivity contribution in [3.05, 3.63) is 54.6 Å². The predicted molar refractivity (Wildman–Crippen MR) is 67.1 cm³/mol. The van der Waals surface area contributed by atoms with Crippen LogP contribution in [0.25, 0.3) is 0 Å². The van der Waals surface area contributed by atoms with Gasteiger partial charge in [0.15, 0.2) is 0 Å². The lowest BCUT2D eigenvalue weighted by atomic mass is 10.3. The lowest BCUT2D eigenvalue weighted by Gasteiger charge is -2.06. The average Bonchev–Trinajstić information content (AvgIpc) is 2.41. The van der Waals surface area contributed by atoms with Crippen LogP contribution in [0.2, 0.25) is 0 Å².